The summed E-state index contributed by atoms with van der Waals surface area (Å²) in [6, 6.07) is 15.4. The number of piperazine rings is 1. The highest BCUT2D eigenvalue weighted by Crippen LogP contribution is 2.15. The molecule has 0 radical (unpaired) electrons. The number of para-hydroxylation sites is 1. The van der Waals surface area contributed by atoms with Gasteiger partial charge in [-0.2, -0.15) is 0 Å². The first-order valence-corrected chi connectivity index (χ1v) is 12.3. The maximum Gasteiger partial charge on any atom is 0.262 e. The van der Waals surface area contributed by atoms with Crippen LogP contribution in [0, 0.1) is 4.77 Å². The van der Waals surface area contributed by atoms with Crippen LogP contribution in [-0.4, -0.2) is 51.4 Å². The quantitative estimate of drug-likeness (QED) is 0.374. The number of nitrogens with zero attached hydrogens (tertiary/aromatic N) is 3. The van der Waals surface area contributed by atoms with E-state index in [0.29, 0.717) is 23.1 Å². The molecule has 0 atom stereocenters. The minimum absolute atomic E-state index is 0.0546. The summed E-state index contributed by atoms with van der Waals surface area (Å²) in [5, 5.41) is 1.41. The highest BCUT2D eigenvalue weighted by Gasteiger charge is 2.20. The Morgan fingerprint density at radius 2 is 1.79 bits per heavy atom. The van der Waals surface area contributed by atoms with Crippen LogP contribution < -0.4 is 5.56 Å². The van der Waals surface area contributed by atoms with Crippen molar-refractivity contribution in [1.29, 1.82) is 0 Å². The summed E-state index contributed by atoms with van der Waals surface area (Å²) in [5.41, 5.74) is 1.91. The van der Waals surface area contributed by atoms with Gasteiger partial charge in [0.05, 0.1) is 10.9 Å². The molecule has 1 aliphatic heterocycles. The summed E-state index contributed by atoms with van der Waals surface area (Å²) in [7, 11) is 0. The van der Waals surface area contributed by atoms with Gasteiger partial charge in [0, 0.05) is 50.7 Å². The summed E-state index contributed by atoms with van der Waals surface area (Å²) in [6.45, 7) is 4.71. The molecule has 0 spiro atoms. The average molecular weight is 485 g/mol. The van der Waals surface area contributed by atoms with Crippen LogP contribution >= 0.6 is 23.8 Å². The zero-order valence-electron chi connectivity index (χ0n) is 18.6. The molecular weight excluding hydrogens is 456 g/mol. The lowest BCUT2D eigenvalue weighted by Gasteiger charge is -2.35. The number of fused-ring (bicyclic) bond motifs is 1. The van der Waals surface area contributed by atoms with Crippen LogP contribution in [0.25, 0.3) is 10.9 Å². The summed E-state index contributed by atoms with van der Waals surface area (Å²) >= 11 is 11.4. The number of hydrogen-bond acceptors (Lipinski definition) is 4. The summed E-state index contributed by atoms with van der Waals surface area (Å²) < 4.78 is 2.07. The van der Waals surface area contributed by atoms with Crippen molar-refractivity contribution in [2.45, 2.75) is 38.8 Å². The third-order valence-electron chi connectivity index (χ3n) is 6.18. The molecule has 4 rings (SSSR count). The largest absolute Gasteiger partial charge is 0.340 e. The number of carbonyl (C=O) groups excluding carboxylic acids is 1. The third kappa shape index (κ3) is 6.10. The second-order valence-electron chi connectivity index (χ2n) is 8.53. The van der Waals surface area contributed by atoms with Crippen molar-refractivity contribution in [2.24, 2.45) is 0 Å². The minimum atomic E-state index is -0.0546. The molecule has 174 valence electrons. The highest BCUT2D eigenvalue weighted by atomic mass is 35.5. The van der Waals surface area contributed by atoms with E-state index in [0.717, 1.165) is 62.5 Å². The van der Waals surface area contributed by atoms with Crippen molar-refractivity contribution in [2.75, 3.05) is 26.2 Å². The van der Waals surface area contributed by atoms with E-state index in [4.69, 9.17) is 23.8 Å². The Morgan fingerprint density at radius 1 is 1.00 bits per heavy atom. The van der Waals surface area contributed by atoms with Gasteiger partial charge in [0.15, 0.2) is 4.77 Å². The summed E-state index contributed by atoms with van der Waals surface area (Å²) in [5.74, 6) is 0.220. The van der Waals surface area contributed by atoms with E-state index in [1.807, 2.05) is 47.4 Å². The van der Waals surface area contributed by atoms with Crippen molar-refractivity contribution < 1.29 is 4.79 Å². The van der Waals surface area contributed by atoms with Crippen molar-refractivity contribution in [3.63, 3.8) is 0 Å². The molecule has 6 nitrogen and oxygen atoms in total. The van der Waals surface area contributed by atoms with Gasteiger partial charge in [-0.25, -0.2) is 0 Å². The molecule has 1 aliphatic rings. The number of amides is 1. The zero-order valence-corrected chi connectivity index (χ0v) is 20.2. The minimum Gasteiger partial charge on any atom is -0.340 e. The fourth-order valence-corrected chi connectivity index (χ4v) is 4.83. The molecule has 33 heavy (non-hydrogen) atoms. The molecule has 1 N–H and O–H groups in total. The van der Waals surface area contributed by atoms with Gasteiger partial charge in [0.1, 0.15) is 0 Å². The molecule has 0 bridgehead atoms. The normalized spacial score (nSPS) is 14.6. The third-order valence-corrected chi connectivity index (χ3v) is 6.74. The molecule has 8 heteroatoms. The van der Waals surface area contributed by atoms with E-state index >= 15 is 0 Å². The molecule has 1 saturated heterocycles. The van der Waals surface area contributed by atoms with Crippen LogP contribution in [0.3, 0.4) is 0 Å². The average Bonchev–Trinajstić information content (AvgIpc) is 2.81. The standard InChI is InChI=1S/C25H29ClN4O2S/c26-20-8-6-7-19(17-20)18-28-13-15-29(16-14-28)23(31)11-2-1-5-12-30-24(32)21-9-3-4-10-22(21)27-25(30)33/h3-4,6-10,17H,1-2,5,11-16,18H2,(H,27,33). The number of nitrogens with one attached hydrogen (secondary N) is 1. The predicted molar refractivity (Wildman–Crippen MR) is 135 cm³/mol. The Labute approximate surface area is 203 Å². The van der Waals surface area contributed by atoms with Gasteiger partial charge in [-0.3, -0.25) is 19.1 Å². The predicted octanol–water partition coefficient (Wildman–Crippen LogP) is 4.62. The Bertz CT molecular complexity index is 1230. The fraction of sp³-hybridized carbons (Fsp3) is 0.400. The van der Waals surface area contributed by atoms with Crippen LogP contribution in [0.2, 0.25) is 5.02 Å². The van der Waals surface area contributed by atoms with E-state index in [-0.39, 0.29) is 11.5 Å². The SMILES string of the molecule is O=C(CCCCCn1c(=S)[nH]c2ccccc2c1=O)N1CCN(Cc2cccc(Cl)c2)CC1. The number of hydrogen-bond donors (Lipinski definition) is 1. The number of carbonyl (C=O) groups is 1. The van der Waals surface area contributed by atoms with Gasteiger partial charge < -0.3 is 9.88 Å². The number of unbranched alkanes of at least 4 members (excludes halogenated alkanes) is 2. The number of rotatable bonds is 8. The van der Waals surface area contributed by atoms with Crippen LogP contribution in [0.5, 0.6) is 0 Å². The number of benzene rings is 2. The number of halogens is 1. The zero-order chi connectivity index (χ0) is 23.2. The Morgan fingerprint density at radius 3 is 2.58 bits per heavy atom. The molecule has 0 unspecified atom stereocenters. The van der Waals surface area contributed by atoms with Crippen molar-refractivity contribution in [3.05, 3.63) is 74.2 Å². The van der Waals surface area contributed by atoms with E-state index < -0.39 is 0 Å². The topological polar surface area (TPSA) is 61.3 Å². The maximum absolute atomic E-state index is 12.7. The second kappa shape index (κ2) is 11.1. The van der Waals surface area contributed by atoms with Crippen molar-refractivity contribution >= 4 is 40.6 Å². The molecule has 3 aromatic rings. The monoisotopic (exact) mass is 484 g/mol. The van der Waals surface area contributed by atoms with Crippen molar-refractivity contribution in [1.82, 2.24) is 19.4 Å². The molecular formula is C25H29ClN4O2S. The number of aromatic nitrogens is 2. The van der Waals surface area contributed by atoms with Gasteiger partial charge in [-0.05, 0) is 54.9 Å². The molecule has 0 aliphatic carbocycles. The lowest BCUT2D eigenvalue weighted by molar-refractivity contribution is -0.133. The van der Waals surface area contributed by atoms with Crippen LogP contribution in [0.15, 0.2) is 53.3 Å². The summed E-state index contributed by atoms with van der Waals surface area (Å²) in [4.78, 5) is 32.8. The lowest BCUT2D eigenvalue weighted by atomic mass is 10.1. The summed E-state index contributed by atoms with van der Waals surface area (Å²) in [6.07, 6.45) is 3.07. The van der Waals surface area contributed by atoms with Gasteiger partial charge in [-0.1, -0.05) is 42.3 Å². The molecule has 1 fully saturated rings. The molecule has 0 saturated carbocycles. The van der Waals surface area contributed by atoms with Crippen LogP contribution in [0.4, 0.5) is 0 Å². The lowest BCUT2D eigenvalue weighted by Crippen LogP contribution is -2.48. The molecule has 1 amide bonds. The Hall–Kier alpha value is -2.48. The van der Waals surface area contributed by atoms with Crippen LogP contribution in [-0.2, 0) is 17.9 Å². The first-order chi connectivity index (χ1) is 16.0. The maximum atomic E-state index is 12.7. The smallest absolute Gasteiger partial charge is 0.262 e. The molecule has 1 aromatic heterocycles. The van der Waals surface area contributed by atoms with Gasteiger partial charge >= 0.3 is 0 Å². The van der Waals surface area contributed by atoms with Crippen LogP contribution in [0.1, 0.15) is 31.2 Å². The van der Waals surface area contributed by atoms with Gasteiger partial charge in [0.2, 0.25) is 5.91 Å². The van der Waals surface area contributed by atoms with E-state index in [1.165, 1.54) is 5.56 Å². The van der Waals surface area contributed by atoms with Crippen molar-refractivity contribution in [3.8, 4) is 0 Å². The Kier molecular flexibility index (Phi) is 7.96. The fourth-order valence-electron chi connectivity index (χ4n) is 4.33. The van der Waals surface area contributed by atoms with E-state index in [9.17, 15) is 9.59 Å². The molecule has 2 heterocycles. The first kappa shape index (κ1) is 23.7. The Balaban J connectivity index is 1.18. The second-order valence-corrected chi connectivity index (χ2v) is 9.35. The van der Waals surface area contributed by atoms with E-state index in [1.54, 1.807) is 4.57 Å². The van der Waals surface area contributed by atoms with E-state index in [2.05, 4.69) is 16.0 Å². The first-order valence-electron chi connectivity index (χ1n) is 11.5. The van der Waals surface area contributed by atoms with Gasteiger partial charge in [-0.15, -0.1) is 0 Å². The number of H-pyrrole nitrogens is 1. The number of aromatic amines is 1. The van der Waals surface area contributed by atoms with Gasteiger partial charge in [0.25, 0.3) is 5.56 Å². The molecule has 2 aromatic carbocycles. The highest BCUT2D eigenvalue weighted by molar-refractivity contribution is 7.71.